The number of azide groups is 1. The van der Waals surface area contributed by atoms with Crippen LogP contribution in [0.15, 0.2) is 148 Å². The number of fused-ring (bicyclic) bond motifs is 4. The highest BCUT2D eigenvalue weighted by atomic mass is 79.9. The molecule has 10 aromatic rings. The zero-order chi connectivity index (χ0) is 64.4. The molecule has 0 bridgehead atoms. The largest absolute Gasteiger partial charge is 0.348 e. The number of halogens is 2. The van der Waals surface area contributed by atoms with Gasteiger partial charge in [-0.25, -0.2) is 19.3 Å². The second-order valence-electron chi connectivity index (χ2n) is 23.9. The van der Waals surface area contributed by atoms with Gasteiger partial charge in [0.15, 0.2) is 11.6 Å². The van der Waals surface area contributed by atoms with Crippen LogP contribution in [-0.4, -0.2) is 93.1 Å². The van der Waals surface area contributed by atoms with Crippen molar-refractivity contribution in [1.82, 2.24) is 85.4 Å². The van der Waals surface area contributed by atoms with Gasteiger partial charge in [0, 0.05) is 86.8 Å². The van der Waals surface area contributed by atoms with E-state index in [-0.39, 0.29) is 23.6 Å². The quantitative estimate of drug-likeness (QED) is 0.0377. The minimum Gasteiger partial charge on any atom is -0.348 e. The van der Waals surface area contributed by atoms with E-state index < -0.39 is 0 Å². The topological polar surface area (TPSA) is 305 Å². The molecular formula is C67H59Br2N21O4. The summed E-state index contributed by atoms with van der Waals surface area (Å²) in [5, 5.41) is 44.9. The number of pyridine rings is 2. The molecule has 470 valence electrons. The minimum absolute atomic E-state index is 0.00520. The highest BCUT2D eigenvalue weighted by molar-refractivity contribution is 9.10. The van der Waals surface area contributed by atoms with Crippen molar-refractivity contribution >= 4 is 67.0 Å². The molecule has 5 fully saturated rings. The van der Waals surface area contributed by atoms with Crippen LogP contribution in [0.4, 0.5) is 11.5 Å². The van der Waals surface area contributed by atoms with Gasteiger partial charge in [-0.3, -0.25) is 24.1 Å². The van der Waals surface area contributed by atoms with E-state index in [1.807, 2.05) is 103 Å². The molecule has 19 rings (SSSR count). The van der Waals surface area contributed by atoms with Gasteiger partial charge in [-0.15, -0.1) is 42.9 Å². The predicted molar refractivity (Wildman–Crippen MR) is 352 cm³/mol. The van der Waals surface area contributed by atoms with Crippen LogP contribution in [0, 0.1) is 18.3 Å². The number of carbonyl (C=O) groups excluding carboxylic acids is 4. The molecule has 0 radical (unpaired) electrons. The molecule has 6 aromatic heterocycles. The maximum atomic E-state index is 13.3. The van der Waals surface area contributed by atoms with Gasteiger partial charge in [-0.05, 0) is 175 Å². The number of aromatic nitrogens is 14. The smallest absolute Gasteiger partial charge is 0.260 e. The van der Waals surface area contributed by atoms with Crippen molar-refractivity contribution in [1.29, 1.82) is 0 Å². The van der Waals surface area contributed by atoms with Crippen molar-refractivity contribution in [2.24, 2.45) is 11.0 Å². The summed E-state index contributed by atoms with van der Waals surface area (Å²) in [6.45, 7) is 2.34. The summed E-state index contributed by atoms with van der Waals surface area (Å²) in [7, 11) is 0. The number of nitrogens with one attached hydrogen (secondary N) is 3. The average molecular weight is 1380 g/mol. The third-order valence-electron chi connectivity index (χ3n) is 16.9. The van der Waals surface area contributed by atoms with Gasteiger partial charge in [-0.2, -0.15) is 0 Å². The summed E-state index contributed by atoms with van der Waals surface area (Å²) in [6.07, 6.45) is 24.5. The Morgan fingerprint density at radius 2 is 1.06 bits per heavy atom. The maximum Gasteiger partial charge on any atom is 0.260 e. The lowest BCUT2D eigenvalue weighted by Crippen LogP contribution is -2.24. The van der Waals surface area contributed by atoms with Crippen molar-refractivity contribution in [3.8, 4) is 46.8 Å². The second-order valence-corrected chi connectivity index (χ2v) is 25.7. The summed E-state index contributed by atoms with van der Waals surface area (Å²) in [5.74, 6) is 6.52. The first-order valence-electron chi connectivity index (χ1n) is 31.0. The molecule has 0 unspecified atom stereocenters. The number of anilines is 1. The maximum absolute atomic E-state index is 13.3. The first-order valence-corrected chi connectivity index (χ1v) is 32.6. The molecule has 5 saturated carbocycles. The van der Waals surface area contributed by atoms with E-state index in [1.165, 1.54) is 51.4 Å². The summed E-state index contributed by atoms with van der Waals surface area (Å²) < 4.78 is 9.47. The summed E-state index contributed by atoms with van der Waals surface area (Å²) in [6, 6.07) is 35.1. The first kappa shape index (κ1) is 61.0. The number of hydrogen-bond acceptors (Lipinski definition) is 15. The van der Waals surface area contributed by atoms with Crippen LogP contribution in [0.1, 0.15) is 163 Å². The Bertz CT molecular complexity index is 4680. The summed E-state index contributed by atoms with van der Waals surface area (Å²) in [5.41, 5.74) is 21.0. The molecule has 3 N–H and O–H groups in total. The van der Waals surface area contributed by atoms with Crippen LogP contribution in [0.3, 0.4) is 0 Å². The average Bonchev–Trinajstić information content (AvgIpc) is 1.66. The zero-order valence-electron chi connectivity index (χ0n) is 50.5. The van der Waals surface area contributed by atoms with Gasteiger partial charge in [0.1, 0.15) is 34.5 Å². The van der Waals surface area contributed by atoms with E-state index in [4.69, 9.17) is 16.9 Å². The lowest BCUT2D eigenvalue weighted by atomic mass is 10.1. The Morgan fingerprint density at radius 1 is 0.553 bits per heavy atom. The Kier molecular flexibility index (Phi) is 17.2. The van der Waals surface area contributed by atoms with E-state index in [1.54, 1.807) is 45.1 Å². The molecule has 0 spiro atoms. The fourth-order valence-corrected chi connectivity index (χ4v) is 11.7. The van der Waals surface area contributed by atoms with Gasteiger partial charge in [0.05, 0.1) is 41.7 Å². The normalized spacial score (nSPS) is 16.5. The van der Waals surface area contributed by atoms with Gasteiger partial charge in [0.25, 0.3) is 23.6 Å². The van der Waals surface area contributed by atoms with Crippen molar-refractivity contribution in [2.75, 3.05) is 4.90 Å². The Balaban J connectivity index is 0.000000105. The van der Waals surface area contributed by atoms with Crippen LogP contribution in [0.25, 0.3) is 44.9 Å². The van der Waals surface area contributed by atoms with Crippen molar-refractivity contribution in [3.63, 3.8) is 0 Å². The molecular weight excluding hydrogens is 1320 g/mol. The van der Waals surface area contributed by atoms with Crippen LogP contribution in [0.2, 0.25) is 0 Å². The number of terminal acetylenes is 1. The second kappa shape index (κ2) is 26.6. The molecule has 4 aromatic carbocycles. The number of benzene rings is 4. The molecule has 25 nitrogen and oxygen atoms in total. The molecule has 0 saturated heterocycles. The van der Waals surface area contributed by atoms with E-state index in [9.17, 15) is 19.2 Å². The highest BCUT2D eigenvalue weighted by Gasteiger charge is 2.33. The van der Waals surface area contributed by atoms with Crippen molar-refractivity contribution in [3.05, 3.63) is 210 Å². The van der Waals surface area contributed by atoms with E-state index in [0.29, 0.717) is 78.6 Å². The molecule has 9 aliphatic rings. The highest BCUT2D eigenvalue weighted by Crippen LogP contribution is 2.41. The molecule has 27 heteroatoms. The zero-order valence-corrected chi connectivity index (χ0v) is 53.7. The Morgan fingerprint density at radius 3 is 1.59 bits per heavy atom. The first-order chi connectivity index (χ1) is 45.9. The third kappa shape index (κ3) is 13.9. The number of nitrogens with zero attached hydrogens (tertiary/aromatic N) is 18. The number of amides is 4. The predicted octanol–water partition coefficient (Wildman–Crippen LogP) is 11.7. The molecule has 4 amide bonds. The van der Waals surface area contributed by atoms with Crippen molar-refractivity contribution < 1.29 is 19.2 Å². The fourth-order valence-electron chi connectivity index (χ4n) is 11.0. The van der Waals surface area contributed by atoms with Gasteiger partial charge >= 0.3 is 0 Å². The van der Waals surface area contributed by atoms with Crippen molar-refractivity contribution in [2.45, 2.75) is 114 Å². The van der Waals surface area contributed by atoms with E-state index >= 15 is 0 Å². The SMILES string of the molecule is Brc1cccc(-c2nncn2C2CC2)n1.C#CC1CC1.O=C1NCc2ccc(-n3cc(C4CC4)nn3)cc21.O=C1NCc2ccc(Br)cc21.O=C1c2cc(-n3cc(C4CC4)nn3)ccc2CN1c1cccc(-c2nncn2C2CC2)n1.[N-]=[N+]=Nc1ccc2c(c1)C(=O)NC2. The van der Waals surface area contributed by atoms with E-state index in [2.05, 4.69) is 119 Å². The number of hydrogen-bond donors (Lipinski definition) is 3. The van der Waals surface area contributed by atoms with Crippen LogP contribution >= 0.6 is 31.9 Å². The summed E-state index contributed by atoms with van der Waals surface area (Å²) in [4.78, 5) is 60.7. The molecule has 5 aliphatic carbocycles. The molecule has 0 atom stereocenters. The summed E-state index contributed by atoms with van der Waals surface area (Å²) >= 11 is 6.67. The molecule has 94 heavy (non-hydrogen) atoms. The van der Waals surface area contributed by atoms with E-state index in [0.717, 1.165) is 101 Å². The fraction of sp³-hybridized carbons (Fsp3) is 0.284. The van der Waals surface area contributed by atoms with Crippen LogP contribution in [0.5, 0.6) is 0 Å². The number of rotatable bonds is 10. The monoisotopic (exact) mass is 1380 g/mol. The van der Waals surface area contributed by atoms with Crippen LogP contribution < -0.4 is 20.9 Å². The third-order valence-corrected chi connectivity index (χ3v) is 17.9. The van der Waals surface area contributed by atoms with Gasteiger partial charge in [0.2, 0.25) is 0 Å². The molecule has 10 heterocycles. The van der Waals surface area contributed by atoms with Crippen LogP contribution in [-0.2, 0) is 26.2 Å². The lowest BCUT2D eigenvalue weighted by Gasteiger charge is -2.15. The number of carbonyl (C=O) groups is 4. The lowest BCUT2D eigenvalue weighted by molar-refractivity contribution is 0.0957. The van der Waals surface area contributed by atoms with Gasteiger partial charge in [-0.1, -0.05) is 73.9 Å². The standard InChI is InChI=1S/C23H20N8O.C13H12N4O.C10H9BrN4.C8H6BrNO.C8H6N4O.C5H6/c32-23-18-10-17(31-12-20(26-28-31)14-4-5-14)7-6-15(18)11-29(23)21-3-1-2-19(25-21)22-27-24-13-30(22)16-8-9-16;18-13-11-5-10(4-3-9(11)6-14-13)17-7-12(15-16-17)8-1-2-8;11-9-3-1-2-8(13-9)10-14-12-6-15(10)7-4-5-7;9-6-2-1-5-4-10-8(11)7(5)3-6;9-12-11-6-2-1-5-4-10-8(13)7(5)3-6;1-2-5-3-4-5/h1-3,6-7,10,12-14,16H,4-5,8-9,11H2;3-5,7-8H,1-2,6H2,(H,14,18);1-3,6-7H,4-5H2;1-3H,4H2,(H,10,11);1-3H,4H2,(H,10,13);1,5H,3-4H2. The van der Waals surface area contributed by atoms with Gasteiger partial charge < -0.3 is 25.1 Å². The Hall–Kier alpha value is -10.6. The molecule has 4 aliphatic heterocycles. The minimum atomic E-state index is -0.106. The Labute approximate surface area is 555 Å².